The average molecular weight is 422 g/mol. The van der Waals surface area contributed by atoms with Crippen molar-refractivity contribution in [3.05, 3.63) is 59.7 Å². The van der Waals surface area contributed by atoms with E-state index in [1.165, 1.54) is 4.90 Å². The number of likely N-dealkylation sites (tertiary alicyclic amines) is 1. The van der Waals surface area contributed by atoms with Crippen molar-refractivity contribution in [2.45, 2.75) is 44.2 Å². The van der Waals surface area contributed by atoms with Gasteiger partial charge in [0.15, 0.2) is 0 Å². The van der Waals surface area contributed by atoms with Crippen LogP contribution in [-0.2, 0) is 14.3 Å². The minimum atomic E-state index is -1.24. The molecule has 0 unspecified atom stereocenters. The number of aliphatic carboxylic acids is 1. The predicted octanol–water partition coefficient (Wildman–Crippen LogP) is 3.38. The fourth-order valence-electron chi connectivity index (χ4n) is 4.65. The Morgan fingerprint density at radius 2 is 1.71 bits per heavy atom. The first-order chi connectivity index (χ1) is 14.8. The quantitative estimate of drug-likeness (QED) is 0.770. The van der Waals surface area contributed by atoms with Crippen molar-refractivity contribution in [2.24, 2.45) is 0 Å². The van der Waals surface area contributed by atoms with Gasteiger partial charge in [0.2, 0.25) is 5.91 Å². The van der Waals surface area contributed by atoms with E-state index in [0.717, 1.165) is 22.3 Å². The van der Waals surface area contributed by atoms with Crippen molar-refractivity contribution in [2.75, 3.05) is 13.2 Å². The zero-order valence-electron chi connectivity index (χ0n) is 17.6. The largest absolute Gasteiger partial charge is 0.480 e. The van der Waals surface area contributed by atoms with Crippen LogP contribution in [-0.4, -0.2) is 52.7 Å². The molecule has 2 aliphatic rings. The fraction of sp³-hybridized carbons (Fsp3) is 0.375. The van der Waals surface area contributed by atoms with Crippen molar-refractivity contribution in [1.29, 1.82) is 0 Å². The van der Waals surface area contributed by atoms with Crippen LogP contribution in [0.5, 0.6) is 0 Å². The zero-order valence-corrected chi connectivity index (χ0v) is 17.6. The molecule has 0 radical (unpaired) electrons. The lowest BCUT2D eigenvalue weighted by Gasteiger charge is -2.33. The van der Waals surface area contributed by atoms with Gasteiger partial charge in [0, 0.05) is 12.5 Å². The summed E-state index contributed by atoms with van der Waals surface area (Å²) >= 11 is 0. The van der Waals surface area contributed by atoms with Gasteiger partial charge < -0.3 is 20.1 Å². The summed E-state index contributed by atoms with van der Waals surface area (Å²) in [6.45, 7) is 3.60. The van der Waals surface area contributed by atoms with Crippen LogP contribution in [0, 0.1) is 0 Å². The van der Waals surface area contributed by atoms with Crippen LogP contribution >= 0.6 is 0 Å². The van der Waals surface area contributed by atoms with Crippen LogP contribution in [0.4, 0.5) is 4.79 Å². The Hall–Kier alpha value is -3.35. The number of benzene rings is 2. The van der Waals surface area contributed by atoms with Gasteiger partial charge in [-0.1, -0.05) is 48.5 Å². The van der Waals surface area contributed by atoms with Gasteiger partial charge in [-0.15, -0.1) is 0 Å². The summed E-state index contributed by atoms with van der Waals surface area (Å²) in [4.78, 5) is 38.2. The molecule has 7 heteroatoms. The summed E-state index contributed by atoms with van der Waals surface area (Å²) in [6, 6.07) is 15.2. The molecule has 2 aromatic rings. The molecule has 0 aromatic heterocycles. The van der Waals surface area contributed by atoms with Gasteiger partial charge in [-0.2, -0.15) is 0 Å². The number of amides is 2. The zero-order chi connectivity index (χ0) is 22.2. The lowest BCUT2D eigenvalue weighted by Crippen LogP contribution is -2.56. The van der Waals surface area contributed by atoms with Gasteiger partial charge >= 0.3 is 12.1 Å². The summed E-state index contributed by atoms with van der Waals surface area (Å²) < 4.78 is 5.49. The van der Waals surface area contributed by atoms with Crippen LogP contribution in [0.2, 0.25) is 0 Å². The minimum absolute atomic E-state index is 0.0713. The lowest BCUT2D eigenvalue weighted by molar-refractivity contribution is -0.155. The van der Waals surface area contributed by atoms with Crippen molar-refractivity contribution < 1.29 is 24.2 Å². The number of nitrogens with zero attached hydrogens (tertiary/aromatic N) is 1. The Kier molecular flexibility index (Phi) is 5.43. The molecule has 2 N–H and O–H groups in total. The van der Waals surface area contributed by atoms with Gasteiger partial charge in [-0.3, -0.25) is 4.79 Å². The smallest absolute Gasteiger partial charge is 0.407 e. The molecule has 0 spiro atoms. The van der Waals surface area contributed by atoms with E-state index < -0.39 is 29.6 Å². The molecule has 31 heavy (non-hydrogen) atoms. The molecule has 0 saturated carbocycles. The first-order valence-corrected chi connectivity index (χ1v) is 10.5. The van der Waals surface area contributed by atoms with Gasteiger partial charge in [-0.25, -0.2) is 9.59 Å². The number of carbonyl (C=O) groups excluding carboxylic acids is 2. The Balaban J connectivity index is 1.40. The standard InChI is InChI=1S/C24H26N2O5/c1-15(21(27)26-13-7-12-24(26,2)22(28)29)25-23(30)31-14-20-18-10-5-3-8-16(18)17-9-4-6-11-19(17)20/h3-6,8-11,15,20H,7,12-14H2,1-2H3,(H,25,30)(H,28,29)/t15-,24-/m0/s1. The Labute approximate surface area is 181 Å². The molecule has 1 aliphatic carbocycles. The molecule has 1 aliphatic heterocycles. The monoisotopic (exact) mass is 422 g/mol. The summed E-state index contributed by atoms with van der Waals surface area (Å²) in [5, 5.41) is 12.1. The molecule has 2 amide bonds. The second kappa shape index (κ2) is 8.06. The van der Waals surface area contributed by atoms with E-state index in [1.54, 1.807) is 13.8 Å². The second-order valence-electron chi connectivity index (χ2n) is 8.36. The van der Waals surface area contributed by atoms with E-state index in [1.807, 2.05) is 36.4 Å². The van der Waals surface area contributed by atoms with Crippen LogP contribution in [0.25, 0.3) is 11.1 Å². The van der Waals surface area contributed by atoms with E-state index in [2.05, 4.69) is 17.4 Å². The Morgan fingerprint density at radius 1 is 1.13 bits per heavy atom. The third-order valence-corrected chi connectivity index (χ3v) is 6.42. The van der Waals surface area contributed by atoms with Crippen LogP contribution in [0.1, 0.15) is 43.7 Å². The van der Waals surface area contributed by atoms with Gasteiger partial charge in [-0.05, 0) is 48.9 Å². The van der Waals surface area contributed by atoms with Crippen LogP contribution < -0.4 is 5.32 Å². The van der Waals surface area contributed by atoms with Crippen LogP contribution in [0.3, 0.4) is 0 Å². The number of ether oxygens (including phenoxy) is 1. The minimum Gasteiger partial charge on any atom is -0.480 e. The van der Waals surface area contributed by atoms with Gasteiger partial charge in [0.1, 0.15) is 18.2 Å². The lowest BCUT2D eigenvalue weighted by atomic mass is 9.98. The maximum absolute atomic E-state index is 12.8. The number of alkyl carbamates (subject to hydrolysis) is 1. The summed E-state index contributed by atoms with van der Waals surface area (Å²) in [5.41, 5.74) is 3.24. The highest BCUT2D eigenvalue weighted by Gasteiger charge is 2.47. The van der Waals surface area contributed by atoms with Gasteiger partial charge in [0.05, 0.1) is 0 Å². The number of nitrogens with one attached hydrogen (secondary N) is 1. The molecular weight excluding hydrogens is 396 g/mol. The van der Waals surface area contributed by atoms with E-state index in [4.69, 9.17) is 4.74 Å². The molecule has 1 saturated heterocycles. The third-order valence-electron chi connectivity index (χ3n) is 6.42. The van der Waals surface area contributed by atoms with E-state index >= 15 is 0 Å². The molecule has 1 heterocycles. The van der Waals surface area contributed by atoms with Crippen LogP contribution in [0.15, 0.2) is 48.5 Å². The number of carboxylic acids is 1. The van der Waals surface area contributed by atoms with Gasteiger partial charge in [0.25, 0.3) is 0 Å². The van der Waals surface area contributed by atoms with Crippen molar-refractivity contribution in [3.8, 4) is 11.1 Å². The van der Waals surface area contributed by atoms with Crippen molar-refractivity contribution in [1.82, 2.24) is 10.2 Å². The third kappa shape index (κ3) is 3.65. The Bertz CT molecular complexity index is 991. The highest BCUT2D eigenvalue weighted by molar-refractivity contribution is 5.91. The maximum Gasteiger partial charge on any atom is 0.407 e. The molecule has 162 valence electrons. The predicted molar refractivity (Wildman–Crippen MR) is 115 cm³/mol. The number of carboxylic acid groups (broad SMARTS) is 1. The second-order valence-corrected chi connectivity index (χ2v) is 8.36. The highest BCUT2D eigenvalue weighted by Crippen LogP contribution is 2.44. The molecule has 7 nitrogen and oxygen atoms in total. The topological polar surface area (TPSA) is 95.9 Å². The maximum atomic E-state index is 12.8. The molecule has 0 bridgehead atoms. The summed E-state index contributed by atoms with van der Waals surface area (Å²) in [5.74, 6) is -1.53. The Morgan fingerprint density at radius 3 is 2.29 bits per heavy atom. The summed E-state index contributed by atoms with van der Waals surface area (Å²) in [6.07, 6.45) is 0.316. The van der Waals surface area contributed by atoms with Crippen molar-refractivity contribution in [3.63, 3.8) is 0 Å². The number of carbonyl (C=O) groups is 3. The average Bonchev–Trinajstić information content (AvgIpc) is 3.31. The molecule has 1 fully saturated rings. The molecule has 2 atom stereocenters. The fourth-order valence-corrected chi connectivity index (χ4v) is 4.65. The first kappa shape index (κ1) is 20.9. The van der Waals surface area contributed by atoms with E-state index in [-0.39, 0.29) is 12.5 Å². The van der Waals surface area contributed by atoms with E-state index in [9.17, 15) is 19.5 Å². The van der Waals surface area contributed by atoms with E-state index in [0.29, 0.717) is 19.4 Å². The summed E-state index contributed by atoms with van der Waals surface area (Å²) in [7, 11) is 0. The highest BCUT2D eigenvalue weighted by atomic mass is 16.5. The van der Waals surface area contributed by atoms with Crippen molar-refractivity contribution >= 4 is 18.0 Å². The number of hydrogen-bond donors (Lipinski definition) is 2. The normalized spacial score (nSPS) is 20.6. The first-order valence-electron chi connectivity index (χ1n) is 10.5. The molecule has 4 rings (SSSR count). The molecule has 2 aromatic carbocycles. The molecular formula is C24H26N2O5. The number of fused-ring (bicyclic) bond motifs is 3. The number of rotatable bonds is 5. The number of hydrogen-bond acceptors (Lipinski definition) is 4. The SMILES string of the molecule is C[C@H](NC(=O)OCC1c2ccccc2-c2ccccc21)C(=O)N1CCC[C@@]1(C)C(=O)O.